The van der Waals surface area contributed by atoms with Gasteiger partial charge < -0.3 is 5.11 Å². The molecule has 14 heavy (non-hydrogen) atoms. The van der Waals surface area contributed by atoms with Crippen LogP contribution in [0.25, 0.3) is 0 Å². The fourth-order valence-corrected chi connectivity index (χ4v) is 5.21. The molecule has 2 rings (SSSR count). The van der Waals surface area contributed by atoms with Crippen molar-refractivity contribution in [3.8, 4) is 0 Å². The highest BCUT2D eigenvalue weighted by molar-refractivity contribution is 8.16. The molecule has 0 aromatic rings. The van der Waals surface area contributed by atoms with Crippen LogP contribution in [0.3, 0.4) is 0 Å². The van der Waals surface area contributed by atoms with Crippen LogP contribution in [0.4, 0.5) is 0 Å². The third-order valence-corrected chi connectivity index (χ3v) is 6.07. The average molecular weight is 230 g/mol. The van der Waals surface area contributed by atoms with E-state index < -0.39 is 0 Å². The van der Waals surface area contributed by atoms with Crippen LogP contribution in [-0.4, -0.2) is 27.8 Å². The van der Waals surface area contributed by atoms with Crippen LogP contribution in [0.15, 0.2) is 12.2 Å². The summed E-state index contributed by atoms with van der Waals surface area (Å²) in [4.78, 5) is 0. The summed E-state index contributed by atoms with van der Waals surface area (Å²) in [7, 11) is 0. The Labute approximate surface area is 94.7 Å². The molecule has 1 saturated heterocycles. The van der Waals surface area contributed by atoms with Crippen LogP contribution in [-0.2, 0) is 0 Å². The molecule has 0 spiro atoms. The van der Waals surface area contributed by atoms with Crippen LogP contribution >= 0.6 is 23.5 Å². The first-order valence-corrected chi connectivity index (χ1v) is 7.53. The van der Waals surface area contributed by atoms with Gasteiger partial charge in [0.2, 0.25) is 0 Å². The van der Waals surface area contributed by atoms with E-state index in [4.69, 9.17) is 0 Å². The summed E-state index contributed by atoms with van der Waals surface area (Å²) in [5, 5.41) is 11.2. The molecular formula is C11H18OS2. The summed E-state index contributed by atoms with van der Waals surface area (Å²) in [6.07, 6.45) is 0.803. The van der Waals surface area contributed by atoms with Gasteiger partial charge in [0.05, 0.1) is 6.10 Å². The quantitative estimate of drug-likeness (QED) is 0.699. The standard InChI is InChI=1S/C11H18OS2/c1-7-3-10(12)11(8(7)2)9-4-13-6-14-5-9/h7,9-12H,2-6H2,1H3/t7-,10+,11-/m1/s1. The van der Waals surface area contributed by atoms with Gasteiger partial charge in [0.1, 0.15) is 0 Å². The highest BCUT2D eigenvalue weighted by Crippen LogP contribution is 2.43. The summed E-state index contributed by atoms with van der Waals surface area (Å²) in [5.41, 5.74) is 1.30. The number of hydrogen-bond donors (Lipinski definition) is 1. The molecule has 0 radical (unpaired) electrons. The molecule has 2 aliphatic rings. The monoisotopic (exact) mass is 230 g/mol. The minimum Gasteiger partial charge on any atom is -0.392 e. The zero-order valence-corrected chi connectivity index (χ0v) is 10.2. The first-order chi connectivity index (χ1) is 6.70. The summed E-state index contributed by atoms with van der Waals surface area (Å²) in [6, 6.07) is 0. The van der Waals surface area contributed by atoms with E-state index in [-0.39, 0.29) is 6.10 Å². The van der Waals surface area contributed by atoms with Crippen molar-refractivity contribution in [3.63, 3.8) is 0 Å². The Kier molecular flexibility index (Phi) is 3.50. The Morgan fingerprint density at radius 2 is 2.00 bits per heavy atom. The largest absolute Gasteiger partial charge is 0.392 e. The van der Waals surface area contributed by atoms with Gasteiger partial charge in [-0.15, -0.1) is 0 Å². The Hall–Kier alpha value is 0.400. The third-order valence-electron chi connectivity index (χ3n) is 3.41. The normalized spacial score (nSPS) is 40.4. The summed E-state index contributed by atoms with van der Waals surface area (Å²) in [5.74, 6) is 3.98. The summed E-state index contributed by atoms with van der Waals surface area (Å²) >= 11 is 4.01. The van der Waals surface area contributed by atoms with Crippen molar-refractivity contribution < 1.29 is 5.11 Å². The van der Waals surface area contributed by atoms with Crippen LogP contribution in [0, 0.1) is 17.8 Å². The number of hydrogen-bond acceptors (Lipinski definition) is 3. The fraction of sp³-hybridized carbons (Fsp3) is 0.818. The summed E-state index contributed by atoms with van der Waals surface area (Å²) < 4.78 is 0. The van der Waals surface area contributed by atoms with Crippen molar-refractivity contribution in [1.82, 2.24) is 0 Å². The third kappa shape index (κ3) is 2.00. The fourth-order valence-electron chi connectivity index (χ4n) is 2.57. The zero-order chi connectivity index (χ0) is 10.1. The van der Waals surface area contributed by atoms with Crippen molar-refractivity contribution in [1.29, 1.82) is 0 Å². The van der Waals surface area contributed by atoms with E-state index in [1.807, 2.05) is 23.5 Å². The Morgan fingerprint density at radius 1 is 1.36 bits per heavy atom. The Morgan fingerprint density at radius 3 is 2.50 bits per heavy atom. The predicted molar refractivity (Wildman–Crippen MR) is 65.7 cm³/mol. The van der Waals surface area contributed by atoms with Gasteiger partial charge >= 0.3 is 0 Å². The van der Waals surface area contributed by atoms with E-state index in [0.29, 0.717) is 17.8 Å². The van der Waals surface area contributed by atoms with Crippen molar-refractivity contribution in [3.05, 3.63) is 12.2 Å². The molecule has 1 N–H and O–H groups in total. The van der Waals surface area contributed by atoms with E-state index in [1.54, 1.807) is 0 Å². The van der Waals surface area contributed by atoms with Crippen LogP contribution in [0.1, 0.15) is 13.3 Å². The second kappa shape index (κ2) is 4.50. The second-order valence-corrected chi connectivity index (χ2v) is 6.85. The van der Waals surface area contributed by atoms with Gasteiger partial charge in [0.25, 0.3) is 0 Å². The molecule has 0 aromatic heterocycles. The molecule has 1 aliphatic carbocycles. The molecule has 80 valence electrons. The number of rotatable bonds is 1. The van der Waals surface area contributed by atoms with E-state index in [1.165, 1.54) is 22.2 Å². The van der Waals surface area contributed by atoms with Gasteiger partial charge in [-0.1, -0.05) is 19.1 Å². The van der Waals surface area contributed by atoms with Crippen LogP contribution in [0.5, 0.6) is 0 Å². The molecule has 0 unspecified atom stereocenters. The number of thioether (sulfide) groups is 2. The first-order valence-electron chi connectivity index (χ1n) is 5.22. The van der Waals surface area contributed by atoms with E-state index >= 15 is 0 Å². The average Bonchev–Trinajstić information content (AvgIpc) is 2.43. The van der Waals surface area contributed by atoms with Crippen molar-refractivity contribution in [2.24, 2.45) is 17.8 Å². The minimum atomic E-state index is -0.123. The molecule has 3 atom stereocenters. The van der Waals surface area contributed by atoms with Gasteiger partial charge in [-0.05, 0) is 29.8 Å². The second-order valence-electron chi connectivity index (χ2n) is 4.42. The molecule has 0 amide bonds. The Balaban J connectivity index is 2.04. The molecule has 1 saturated carbocycles. The number of aliphatic hydroxyl groups is 1. The lowest BCUT2D eigenvalue weighted by atomic mass is 9.88. The minimum absolute atomic E-state index is 0.123. The molecular weight excluding hydrogens is 212 g/mol. The van der Waals surface area contributed by atoms with Gasteiger partial charge in [-0.25, -0.2) is 0 Å². The lowest BCUT2D eigenvalue weighted by molar-refractivity contribution is 0.119. The van der Waals surface area contributed by atoms with Gasteiger partial charge in [0, 0.05) is 11.0 Å². The molecule has 1 nitrogen and oxygen atoms in total. The SMILES string of the molecule is C=C1[C@H](C)C[C@H](O)[C@H]1C1CSCSC1. The van der Waals surface area contributed by atoms with E-state index in [0.717, 1.165) is 6.42 Å². The maximum absolute atomic E-state index is 10.0. The van der Waals surface area contributed by atoms with Crippen molar-refractivity contribution in [2.75, 3.05) is 16.6 Å². The lowest BCUT2D eigenvalue weighted by Gasteiger charge is -2.29. The maximum Gasteiger partial charge on any atom is 0.0614 e. The smallest absolute Gasteiger partial charge is 0.0614 e. The summed E-state index contributed by atoms with van der Waals surface area (Å²) in [6.45, 7) is 6.35. The van der Waals surface area contributed by atoms with Gasteiger partial charge in [-0.3, -0.25) is 0 Å². The maximum atomic E-state index is 10.0. The molecule has 0 bridgehead atoms. The highest BCUT2D eigenvalue weighted by Gasteiger charge is 2.39. The first kappa shape index (κ1) is 10.9. The van der Waals surface area contributed by atoms with Crippen LogP contribution in [0.2, 0.25) is 0 Å². The molecule has 0 aromatic carbocycles. The van der Waals surface area contributed by atoms with E-state index in [2.05, 4.69) is 13.5 Å². The number of aliphatic hydroxyl groups excluding tert-OH is 1. The van der Waals surface area contributed by atoms with Crippen molar-refractivity contribution in [2.45, 2.75) is 19.4 Å². The highest BCUT2D eigenvalue weighted by atomic mass is 32.2. The molecule has 1 aliphatic heterocycles. The Bertz CT molecular complexity index is 223. The molecule has 1 heterocycles. The van der Waals surface area contributed by atoms with Crippen molar-refractivity contribution >= 4 is 23.5 Å². The molecule has 3 heteroatoms. The lowest BCUT2D eigenvalue weighted by Crippen LogP contribution is -2.29. The zero-order valence-electron chi connectivity index (χ0n) is 8.61. The van der Waals surface area contributed by atoms with E-state index in [9.17, 15) is 5.11 Å². The topological polar surface area (TPSA) is 20.2 Å². The van der Waals surface area contributed by atoms with Gasteiger partial charge in [0.15, 0.2) is 0 Å². The van der Waals surface area contributed by atoms with Gasteiger partial charge in [-0.2, -0.15) is 23.5 Å². The van der Waals surface area contributed by atoms with Crippen LogP contribution < -0.4 is 0 Å². The predicted octanol–water partition coefficient (Wildman–Crippen LogP) is 2.61. The molecule has 2 fully saturated rings.